The van der Waals surface area contributed by atoms with Crippen molar-refractivity contribution in [2.45, 2.75) is 24.9 Å². The summed E-state index contributed by atoms with van der Waals surface area (Å²) in [6.07, 6.45) is 8.59. The van der Waals surface area contributed by atoms with Crippen molar-refractivity contribution in [3.63, 3.8) is 0 Å². The van der Waals surface area contributed by atoms with E-state index in [1.807, 2.05) is 42.5 Å². The predicted octanol–water partition coefficient (Wildman–Crippen LogP) is 4.82. The van der Waals surface area contributed by atoms with Crippen molar-refractivity contribution in [1.29, 1.82) is 0 Å². The number of fused-ring (bicyclic) bond motifs is 1. The van der Waals surface area contributed by atoms with Crippen molar-refractivity contribution in [2.24, 2.45) is 0 Å². The van der Waals surface area contributed by atoms with Crippen LogP contribution < -0.4 is 4.74 Å². The molecule has 1 aliphatic heterocycles. The number of allylic oxidation sites excluding steroid dienone is 3. The highest BCUT2D eigenvalue weighted by atomic mass is 16.5. The minimum absolute atomic E-state index is 0.145. The number of carbonyl (C=O) groups is 1. The molecule has 0 saturated carbocycles. The van der Waals surface area contributed by atoms with Gasteiger partial charge >= 0.3 is 0 Å². The van der Waals surface area contributed by atoms with Gasteiger partial charge in [-0.05, 0) is 30.5 Å². The van der Waals surface area contributed by atoms with E-state index in [4.69, 9.17) is 4.74 Å². The molecule has 0 amide bonds. The molecule has 4 rings (SSSR count). The van der Waals surface area contributed by atoms with Crippen LogP contribution in [0.5, 0.6) is 5.75 Å². The van der Waals surface area contributed by atoms with E-state index in [0.29, 0.717) is 17.7 Å². The Balaban J connectivity index is 1.90. The van der Waals surface area contributed by atoms with Gasteiger partial charge in [0.25, 0.3) is 0 Å². The van der Waals surface area contributed by atoms with Gasteiger partial charge < -0.3 is 4.74 Å². The number of Topliss-reactive ketones (excluding diaryl/α,β-unsaturated/α-hetero) is 1. The van der Waals surface area contributed by atoms with Crippen molar-refractivity contribution >= 4 is 5.78 Å². The molecule has 1 aliphatic carbocycles. The summed E-state index contributed by atoms with van der Waals surface area (Å²) >= 11 is 0. The standard InChI is InChI=1S/C21H18O2/c22-19-15-21(16-9-3-1-4-10-16,17-11-5-2-6-12-17)23-20-14-8-7-13-18(19)20/h1-5,7-11,13-14H,6,12,15H2. The largest absolute Gasteiger partial charge is 0.477 e. The second-order valence-corrected chi connectivity index (χ2v) is 6.05. The van der Waals surface area contributed by atoms with Crippen LogP contribution in [0.3, 0.4) is 0 Å². The van der Waals surface area contributed by atoms with Gasteiger partial charge in [0.2, 0.25) is 0 Å². The predicted molar refractivity (Wildman–Crippen MR) is 90.6 cm³/mol. The molecule has 1 heterocycles. The lowest BCUT2D eigenvalue weighted by molar-refractivity contribution is 0.0580. The van der Waals surface area contributed by atoms with E-state index in [1.165, 1.54) is 5.57 Å². The molecule has 2 aromatic rings. The summed E-state index contributed by atoms with van der Waals surface area (Å²) in [7, 11) is 0. The SMILES string of the molecule is O=C1CC(C2=CC=CCC2)(c2ccccc2)Oc2ccccc21. The van der Waals surface area contributed by atoms with Gasteiger partial charge in [0.1, 0.15) is 5.75 Å². The summed E-state index contributed by atoms with van der Waals surface area (Å²) in [4.78, 5) is 12.8. The maximum atomic E-state index is 12.8. The zero-order valence-electron chi connectivity index (χ0n) is 12.9. The normalized spacial score (nSPS) is 23.0. The molecule has 0 bridgehead atoms. The van der Waals surface area contributed by atoms with Crippen molar-refractivity contribution in [3.8, 4) is 5.75 Å². The van der Waals surface area contributed by atoms with Crippen LogP contribution in [-0.2, 0) is 5.60 Å². The smallest absolute Gasteiger partial charge is 0.171 e. The Kier molecular flexibility index (Phi) is 3.38. The molecule has 0 spiro atoms. The molecule has 1 unspecified atom stereocenters. The Labute approximate surface area is 136 Å². The molecule has 2 nitrogen and oxygen atoms in total. The van der Waals surface area contributed by atoms with Crippen molar-refractivity contribution < 1.29 is 9.53 Å². The van der Waals surface area contributed by atoms with Crippen molar-refractivity contribution in [1.82, 2.24) is 0 Å². The zero-order valence-corrected chi connectivity index (χ0v) is 12.9. The monoisotopic (exact) mass is 302 g/mol. The summed E-state index contributed by atoms with van der Waals surface area (Å²) in [5.41, 5.74) is 2.22. The van der Waals surface area contributed by atoms with Crippen LogP contribution >= 0.6 is 0 Å². The van der Waals surface area contributed by atoms with Crippen LogP contribution in [0, 0.1) is 0 Å². The van der Waals surface area contributed by atoms with Gasteiger partial charge in [0, 0.05) is 5.56 Å². The molecule has 0 fully saturated rings. The van der Waals surface area contributed by atoms with Crippen LogP contribution in [0.1, 0.15) is 35.2 Å². The van der Waals surface area contributed by atoms with Gasteiger partial charge in [-0.3, -0.25) is 4.79 Å². The number of rotatable bonds is 2. The number of carbonyl (C=O) groups excluding carboxylic acids is 1. The number of hydrogen-bond acceptors (Lipinski definition) is 2. The zero-order chi connectivity index (χ0) is 15.7. The van der Waals surface area contributed by atoms with Gasteiger partial charge in [-0.25, -0.2) is 0 Å². The number of para-hydroxylation sites is 1. The van der Waals surface area contributed by atoms with E-state index in [9.17, 15) is 4.79 Å². The number of hydrogen-bond donors (Lipinski definition) is 0. The van der Waals surface area contributed by atoms with E-state index >= 15 is 0 Å². The third kappa shape index (κ3) is 2.31. The molecular formula is C21H18O2. The lowest BCUT2D eigenvalue weighted by Gasteiger charge is -2.41. The lowest BCUT2D eigenvalue weighted by Crippen LogP contribution is -2.41. The van der Waals surface area contributed by atoms with Crippen LogP contribution in [0.25, 0.3) is 0 Å². The van der Waals surface area contributed by atoms with Gasteiger partial charge in [0.05, 0.1) is 12.0 Å². The number of ether oxygens (including phenoxy) is 1. The molecule has 2 aromatic carbocycles. The van der Waals surface area contributed by atoms with E-state index in [1.54, 1.807) is 0 Å². The van der Waals surface area contributed by atoms with Crippen LogP contribution in [0.15, 0.2) is 78.4 Å². The molecule has 2 aliphatic rings. The molecule has 0 saturated heterocycles. The molecule has 2 heteroatoms. The fraction of sp³-hybridized carbons (Fsp3) is 0.190. The average molecular weight is 302 g/mol. The highest BCUT2D eigenvalue weighted by Gasteiger charge is 2.44. The molecule has 0 aromatic heterocycles. The number of benzene rings is 2. The van der Waals surface area contributed by atoms with Crippen molar-refractivity contribution in [2.75, 3.05) is 0 Å². The second kappa shape index (κ2) is 5.54. The van der Waals surface area contributed by atoms with Gasteiger partial charge in [0.15, 0.2) is 11.4 Å². The van der Waals surface area contributed by atoms with Gasteiger partial charge in [-0.2, -0.15) is 0 Å². The maximum Gasteiger partial charge on any atom is 0.171 e. The second-order valence-electron chi connectivity index (χ2n) is 6.05. The molecular weight excluding hydrogens is 284 g/mol. The third-order valence-corrected chi connectivity index (χ3v) is 4.65. The van der Waals surface area contributed by atoms with E-state index in [0.717, 1.165) is 18.4 Å². The molecule has 23 heavy (non-hydrogen) atoms. The summed E-state index contributed by atoms with van der Waals surface area (Å²) in [5.74, 6) is 0.828. The van der Waals surface area contributed by atoms with E-state index in [-0.39, 0.29) is 5.78 Å². The Hall–Kier alpha value is -2.61. The topological polar surface area (TPSA) is 26.3 Å². The Bertz CT molecular complexity index is 802. The van der Waals surface area contributed by atoms with Crippen LogP contribution in [-0.4, -0.2) is 5.78 Å². The fourth-order valence-corrected chi connectivity index (χ4v) is 3.50. The molecule has 1 atom stereocenters. The highest BCUT2D eigenvalue weighted by Crippen LogP contribution is 2.46. The summed E-state index contributed by atoms with van der Waals surface area (Å²) in [6, 6.07) is 17.7. The first-order valence-corrected chi connectivity index (χ1v) is 8.02. The lowest BCUT2D eigenvalue weighted by atomic mass is 9.76. The quantitative estimate of drug-likeness (QED) is 0.794. The first kappa shape index (κ1) is 14.0. The minimum Gasteiger partial charge on any atom is -0.477 e. The molecule has 0 radical (unpaired) electrons. The molecule has 114 valence electrons. The maximum absolute atomic E-state index is 12.8. The Morgan fingerprint density at radius 1 is 0.957 bits per heavy atom. The molecule has 0 N–H and O–H groups in total. The van der Waals surface area contributed by atoms with Crippen molar-refractivity contribution in [3.05, 3.63) is 89.5 Å². The summed E-state index contributed by atoms with van der Waals surface area (Å²) < 4.78 is 6.49. The Morgan fingerprint density at radius 3 is 2.52 bits per heavy atom. The van der Waals surface area contributed by atoms with Crippen LogP contribution in [0.2, 0.25) is 0 Å². The summed E-state index contributed by atoms with van der Waals surface area (Å²) in [6.45, 7) is 0. The number of ketones is 1. The first-order valence-electron chi connectivity index (χ1n) is 8.02. The average Bonchev–Trinajstić information content (AvgIpc) is 2.63. The minimum atomic E-state index is -0.683. The summed E-state index contributed by atoms with van der Waals surface area (Å²) in [5, 5.41) is 0. The van der Waals surface area contributed by atoms with E-state index < -0.39 is 5.60 Å². The van der Waals surface area contributed by atoms with Crippen LogP contribution in [0.4, 0.5) is 0 Å². The highest BCUT2D eigenvalue weighted by molar-refractivity contribution is 6.00. The van der Waals surface area contributed by atoms with Gasteiger partial charge in [-0.15, -0.1) is 0 Å². The van der Waals surface area contributed by atoms with E-state index in [2.05, 4.69) is 30.4 Å². The third-order valence-electron chi connectivity index (χ3n) is 4.65. The first-order chi connectivity index (χ1) is 11.3. The van der Waals surface area contributed by atoms with Gasteiger partial charge in [-0.1, -0.05) is 60.7 Å². The Morgan fingerprint density at radius 2 is 1.74 bits per heavy atom. The fourth-order valence-electron chi connectivity index (χ4n) is 3.50.